The van der Waals surface area contributed by atoms with Crippen LogP contribution in [-0.4, -0.2) is 25.5 Å². The Morgan fingerprint density at radius 2 is 2.09 bits per heavy atom. The minimum absolute atomic E-state index is 0.166. The van der Waals surface area contributed by atoms with E-state index < -0.39 is 5.41 Å². The van der Waals surface area contributed by atoms with Crippen molar-refractivity contribution in [1.82, 2.24) is 10.6 Å². The van der Waals surface area contributed by atoms with Crippen molar-refractivity contribution < 1.29 is 4.79 Å². The van der Waals surface area contributed by atoms with Gasteiger partial charge in [0.1, 0.15) is 0 Å². The Hall–Kier alpha value is -1.32. The van der Waals surface area contributed by atoms with Crippen molar-refractivity contribution in [1.29, 1.82) is 0 Å². The molecule has 1 aromatic carbocycles. The van der Waals surface area contributed by atoms with E-state index in [1.165, 1.54) is 12.0 Å². The molecule has 2 aliphatic rings. The molecule has 0 atom stereocenters. The summed E-state index contributed by atoms with van der Waals surface area (Å²) in [6, 6.07) is 7.85. The molecule has 0 spiro atoms. The fourth-order valence-electron chi connectivity index (χ4n) is 3.78. The molecule has 1 aliphatic carbocycles. The fourth-order valence-corrected chi connectivity index (χ4v) is 3.97. The minimum atomic E-state index is -0.406. The lowest BCUT2D eigenvalue weighted by atomic mass is 9.68. The summed E-state index contributed by atoms with van der Waals surface area (Å²) in [6.07, 6.45) is 8.46. The lowest BCUT2D eigenvalue weighted by Crippen LogP contribution is -2.46. The first-order chi connectivity index (χ1) is 11.2. The van der Waals surface area contributed by atoms with E-state index in [-0.39, 0.29) is 5.91 Å². The van der Waals surface area contributed by atoms with E-state index in [1.54, 1.807) is 0 Å². The number of rotatable bonds is 4. The van der Waals surface area contributed by atoms with Gasteiger partial charge in [0.05, 0.1) is 5.41 Å². The van der Waals surface area contributed by atoms with Crippen LogP contribution in [0, 0.1) is 0 Å². The molecule has 0 saturated heterocycles. The maximum Gasteiger partial charge on any atom is 0.230 e. The summed E-state index contributed by atoms with van der Waals surface area (Å²) in [5, 5.41) is 7.21. The first kappa shape index (κ1) is 16.5. The molecule has 0 aromatic heterocycles. The molecule has 23 heavy (non-hydrogen) atoms. The molecule has 1 aromatic rings. The second-order valence-corrected chi connectivity index (χ2v) is 7.09. The van der Waals surface area contributed by atoms with E-state index >= 15 is 0 Å². The SMILES string of the molecule is O=C(NCC1=CCNCC1)C1(c2cccc(Cl)c2)CCCCC1. The number of hydrogen-bond donors (Lipinski definition) is 2. The molecular formula is C19H25ClN2O. The van der Waals surface area contributed by atoms with Gasteiger partial charge in [-0.05, 0) is 43.5 Å². The zero-order valence-electron chi connectivity index (χ0n) is 13.5. The highest BCUT2D eigenvalue weighted by molar-refractivity contribution is 6.30. The second-order valence-electron chi connectivity index (χ2n) is 6.65. The van der Waals surface area contributed by atoms with Gasteiger partial charge in [-0.2, -0.15) is 0 Å². The van der Waals surface area contributed by atoms with Crippen molar-refractivity contribution in [2.45, 2.75) is 43.9 Å². The molecular weight excluding hydrogens is 308 g/mol. The summed E-state index contributed by atoms with van der Waals surface area (Å²) in [4.78, 5) is 13.1. The summed E-state index contributed by atoms with van der Waals surface area (Å²) < 4.78 is 0. The molecule has 0 radical (unpaired) electrons. The summed E-state index contributed by atoms with van der Waals surface area (Å²) >= 11 is 6.18. The van der Waals surface area contributed by atoms with Gasteiger partial charge >= 0.3 is 0 Å². The van der Waals surface area contributed by atoms with Crippen molar-refractivity contribution in [3.63, 3.8) is 0 Å². The highest BCUT2D eigenvalue weighted by Crippen LogP contribution is 2.40. The quantitative estimate of drug-likeness (QED) is 0.827. The Morgan fingerprint density at radius 1 is 1.26 bits per heavy atom. The van der Waals surface area contributed by atoms with Gasteiger partial charge in [-0.3, -0.25) is 4.79 Å². The summed E-state index contributed by atoms with van der Waals surface area (Å²) in [5.74, 6) is 0.166. The standard InChI is InChI=1S/C19H25ClN2O/c20-17-6-4-5-16(13-17)19(9-2-1-3-10-19)18(23)22-14-15-7-11-21-12-8-15/h4-7,13,21H,1-3,8-12,14H2,(H,22,23). The van der Waals surface area contributed by atoms with E-state index in [2.05, 4.69) is 22.8 Å². The average molecular weight is 333 g/mol. The molecule has 4 heteroatoms. The van der Waals surface area contributed by atoms with E-state index in [0.29, 0.717) is 11.6 Å². The third kappa shape index (κ3) is 3.78. The van der Waals surface area contributed by atoms with Gasteiger partial charge in [0.2, 0.25) is 5.91 Å². The van der Waals surface area contributed by atoms with Crippen LogP contribution in [0.3, 0.4) is 0 Å². The van der Waals surface area contributed by atoms with Crippen LogP contribution in [0.2, 0.25) is 5.02 Å². The van der Waals surface area contributed by atoms with Crippen molar-refractivity contribution in [2.24, 2.45) is 0 Å². The number of hydrogen-bond acceptors (Lipinski definition) is 2. The Kier molecular flexibility index (Phi) is 5.39. The molecule has 3 rings (SSSR count). The predicted molar refractivity (Wildman–Crippen MR) is 94.8 cm³/mol. The van der Waals surface area contributed by atoms with Crippen LogP contribution in [0.5, 0.6) is 0 Å². The van der Waals surface area contributed by atoms with Crippen LogP contribution in [0.4, 0.5) is 0 Å². The van der Waals surface area contributed by atoms with E-state index in [0.717, 1.165) is 50.8 Å². The number of amides is 1. The van der Waals surface area contributed by atoms with Crippen LogP contribution in [0.25, 0.3) is 0 Å². The van der Waals surface area contributed by atoms with Gasteiger partial charge < -0.3 is 10.6 Å². The van der Waals surface area contributed by atoms with Crippen molar-refractivity contribution >= 4 is 17.5 Å². The smallest absolute Gasteiger partial charge is 0.230 e. The third-order valence-electron chi connectivity index (χ3n) is 5.15. The van der Waals surface area contributed by atoms with Crippen LogP contribution in [-0.2, 0) is 10.2 Å². The summed E-state index contributed by atoms with van der Waals surface area (Å²) in [5.41, 5.74) is 1.99. The van der Waals surface area contributed by atoms with Crippen LogP contribution in [0.15, 0.2) is 35.9 Å². The molecule has 0 bridgehead atoms. The van der Waals surface area contributed by atoms with E-state index in [1.807, 2.05) is 18.2 Å². The van der Waals surface area contributed by atoms with Crippen molar-refractivity contribution in [3.05, 3.63) is 46.5 Å². The maximum atomic E-state index is 13.1. The zero-order chi connectivity index (χ0) is 16.1. The Morgan fingerprint density at radius 3 is 2.78 bits per heavy atom. The van der Waals surface area contributed by atoms with Crippen molar-refractivity contribution in [2.75, 3.05) is 19.6 Å². The lowest BCUT2D eigenvalue weighted by Gasteiger charge is -2.36. The Labute approximate surface area is 143 Å². The normalized spacial score (nSPS) is 20.7. The number of carbonyl (C=O) groups is 1. The molecule has 1 amide bonds. The zero-order valence-corrected chi connectivity index (χ0v) is 14.3. The second kappa shape index (κ2) is 7.50. The molecule has 1 saturated carbocycles. The van der Waals surface area contributed by atoms with Gasteiger partial charge in [0.15, 0.2) is 0 Å². The number of nitrogens with one attached hydrogen (secondary N) is 2. The van der Waals surface area contributed by atoms with Gasteiger partial charge in [0.25, 0.3) is 0 Å². The number of benzene rings is 1. The largest absolute Gasteiger partial charge is 0.352 e. The average Bonchev–Trinajstić information content (AvgIpc) is 2.61. The first-order valence-corrected chi connectivity index (χ1v) is 9.01. The van der Waals surface area contributed by atoms with Crippen LogP contribution >= 0.6 is 11.6 Å². The van der Waals surface area contributed by atoms with Gasteiger partial charge in [-0.1, -0.05) is 54.6 Å². The van der Waals surface area contributed by atoms with E-state index in [4.69, 9.17) is 11.6 Å². The lowest BCUT2D eigenvalue weighted by molar-refractivity contribution is -0.127. The summed E-state index contributed by atoms with van der Waals surface area (Å²) in [7, 11) is 0. The molecule has 124 valence electrons. The highest BCUT2D eigenvalue weighted by atomic mass is 35.5. The fraction of sp³-hybridized carbons (Fsp3) is 0.526. The minimum Gasteiger partial charge on any atom is -0.352 e. The first-order valence-electron chi connectivity index (χ1n) is 8.64. The molecule has 1 fully saturated rings. The maximum absolute atomic E-state index is 13.1. The van der Waals surface area contributed by atoms with Crippen LogP contribution in [0.1, 0.15) is 44.1 Å². The molecule has 0 unspecified atom stereocenters. The van der Waals surface area contributed by atoms with Gasteiger partial charge in [0, 0.05) is 18.1 Å². The van der Waals surface area contributed by atoms with Crippen molar-refractivity contribution in [3.8, 4) is 0 Å². The third-order valence-corrected chi connectivity index (χ3v) is 5.39. The Balaban J connectivity index is 1.78. The monoisotopic (exact) mass is 332 g/mol. The summed E-state index contributed by atoms with van der Waals surface area (Å²) in [6.45, 7) is 2.58. The molecule has 1 heterocycles. The molecule has 2 N–H and O–H groups in total. The van der Waals surface area contributed by atoms with Crippen LogP contribution < -0.4 is 10.6 Å². The van der Waals surface area contributed by atoms with Gasteiger partial charge in [-0.25, -0.2) is 0 Å². The molecule has 3 nitrogen and oxygen atoms in total. The highest BCUT2D eigenvalue weighted by Gasteiger charge is 2.41. The topological polar surface area (TPSA) is 41.1 Å². The van der Waals surface area contributed by atoms with E-state index in [9.17, 15) is 4.79 Å². The Bertz CT molecular complexity index is 591. The number of carbonyl (C=O) groups excluding carboxylic acids is 1. The predicted octanol–water partition coefficient (Wildman–Crippen LogP) is 3.58. The van der Waals surface area contributed by atoms with Gasteiger partial charge in [-0.15, -0.1) is 0 Å². The number of halogens is 1. The molecule has 1 aliphatic heterocycles.